The predicted molar refractivity (Wildman–Crippen MR) is 47.9 cm³/mol. The Hall–Kier alpha value is -0.870. The number of ether oxygens (including phenoxy) is 3. The standard InChI is InChI=1S/C9H16O4/c1-5-11-9(12-6-2)13-8(10)7(3)4/h9H,3,5-6H2,1-2,4H3. The molecule has 4 heteroatoms. The first-order valence-electron chi connectivity index (χ1n) is 4.21. The van der Waals surface area contributed by atoms with Gasteiger partial charge in [0.05, 0.1) is 13.2 Å². The molecule has 0 heterocycles. The Morgan fingerprint density at radius 1 is 1.31 bits per heavy atom. The van der Waals surface area contributed by atoms with Crippen LogP contribution >= 0.6 is 0 Å². The van der Waals surface area contributed by atoms with Crippen molar-refractivity contribution in [1.29, 1.82) is 0 Å². The second kappa shape index (κ2) is 6.62. The van der Waals surface area contributed by atoms with Gasteiger partial charge in [-0.05, 0) is 20.8 Å². The molecule has 0 aromatic rings. The fourth-order valence-corrected chi connectivity index (χ4v) is 0.576. The zero-order valence-corrected chi connectivity index (χ0v) is 8.33. The lowest BCUT2D eigenvalue weighted by atomic mass is 10.4. The Kier molecular flexibility index (Phi) is 6.18. The fraction of sp³-hybridized carbons (Fsp3) is 0.667. The van der Waals surface area contributed by atoms with Gasteiger partial charge in [0, 0.05) is 5.57 Å². The molecule has 13 heavy (non-hydrogen) atoms. The van der Waals surface area contributed by atoms with Crippen LogP contribution in [-0.4, -0.2) is 25.7 Å². The Morgan fingerprint density at radius 2 is 1.77 bits per heavy atom. The molecule has 0 saturated heterocycles. The average Bonchev–Trinajstić information content (AvgIpc) is 2.05. The Labute approximate surface area is 78.5 Å². The van der Waals surface area contributed by atoms with Crippen molar-refractivity contribution in [3.63, 3.8) is 0 Å². The summed E-state index contributed by atoms with van der Waals surface area (Å²) in [5.41, 5.74) is 0.324. The molecular weight excluding hydrogens is 172 g/mol. The van der Waals surface area contributed by atoms with E-state index in [1.54, 1.807) is 20.8 Å². The van der Waals surface area contributed by atoms with E-state index < -0.39 is 12.4 Å². The minimum atomic E-state index is -0.917. The lowest BCUT2D eigenvalue weighted by molar-refractivity contribution is -0.270. The van der Waals surface area contributed by atoms with Crippen molar-refractivity contribution in [1.82, 2.24) is 0 Å². The lowest BCUT2D eigenvalue weighted by Crippen LogP contribution is -2.24. The monoisotopic (exact) mass is 188 g/mol. The van der Waals surface area contributed by atoms with Gasteiger partial charge in [-0.25, -0.2) is 4.79 Å². The maximum absolute atomic E-state index is 11.0. The van der Waals surface area contributed by atoms with Crippen LogP contribution in [0.25, 0.3) is 0 Å². The Morgan fingerprint density at radius 3 is 2.08 bits per heavy atom. The van der Waals surface area contributed by atoms with Crippen molar-refractivity contribution in [3.05, 3.63) is 12.2 Å². The van der Waals surface area contributed by atoms with E-state index in [1.165, 1.54) is 0 Å². The van der Waals surface area contributed by atoms with Crippen LogP contribution in [0, 0.1) is 0 Å². The van der Waals surface area contributed by atoms with Gasteiger partial charge in [-0.3, -0.25) is 0 Å². The van der Waals surface area contributed by atoms with Gasteiger partial charge in [0.15, 0.2) is 0 Å². The van der Waals surface area contributed by atoms with Gasteiger partial charge >= 0.3 is 12.4 Å². The highest BCUT2D eigenvalue weighted by Crippen LogP contribution is 2.01. The largest absolute Gasteiger partial charge is 0.407 e. The summed E-state index contributed by atoms with van der Waals surface area (Å²) in [5.74, 6) is -0.507. The van der Waals surface area contributed by atoms with E-state index in [0.717, 1.165) is 0 Å². The second-order valence-corrected chi connectivity index (χ2v) is 2.38. The highest BCUT2D eigenvalue weighted by molar-refractivity contribution is 5.86. The number of hydrogen-bond acceptors (Lipinski definition) is 4. The zero-order chi connectivity index (χ0) is 10.3. The maximum Gasteiger partial charge on any atom is 0.337 e. The van der Waals surface area contributed by atoms with Crippen LogP contribution in [0.5, 0.6) is 0 Å². The normalized spacial score (nSPS) is 10.2. The molecule has 0 atom stereocenters. The smallest absolute Gasteiger partial charge is 0.337 e. The third-order valence-electron chi connectivity index (χ3n) is 1.16. The maximum atomic E-state index is 11.0. The van der Waals surface area contributed by atoms with E-state index in [9.17, 15) is 4.79 Å². The molecule has 0 radical (unpaired) electrons. The second-order valence-electron chi connectivity index (χ2n) is 2.38. The van der Waals surface area contributed by atoms with Crippen molar-refractivity contribution in [2.75, 3.05) is 13.2 Å². The third-order valence-corrected chi connectivity index (χ3v) is 1.16. The van der Waals surface area contributed by atoms with Gasteiger partial charge in [-0.2, -0.15) is 0 Å². The lowest BCUT2D eigenvalue weighted by Gasteiger charge is -2.16. The summed E-state index contributed by atoms with van der Waals surface area (Å²) in [6.45, 7) is 8.53. The summed E-state index contributed by atoms with van der Waals surface area (Å²) in [6, 6.07) is 0. The molecule has 0 N–H and O–H groups in total. The fourth-order valence-electron chi connectivity index (χ4n) is 0.576. The zero-order valence-electron chi connectivity index (χ0n) is 8.33. The molecule has 4 nitrogen and oxygen atoms in total. The number of hydrogen-bond donors (Lipinski definition) is 0. The van der Waals surface area contributed by atoms with Crippen LogP contribution in [0.2, 0.25) is 0 Å². The van der Waals surface area contributed by atoms with E-state index in [2.05, 4.69) is 6.58 Å². The molecular formula is C9H16O4. The van der Waals surface area contributed by atoms with Gasteiger partial charge in [0.25, 0.3) is 0 Å². The average molecular weight is 188 g/mol. The van der Waals surface area contributed by atoms with E-state index in [-0.39, 0.29) is 0 Å². The minimum Gasteiger partial charge on any atom is -0.407 e. The Bertz CT molecular complexity index is 170. The summed E-state index contributed by atoms with van der Waals surface area (Å²) < 4.78 is 14.8. The van der Waals surface area contributed by atoms with Crippen LogP contribution < -0.4 is 0 Å². The van der Waals surface area contributed by atoms with Crippen LogP contribution in [0.4, 0.5) is 0 Å². The summed E-state index contributed by atoms with van der Waals surface area (Å²) in [6.07, 6.45) is 0. The molecule has 0 rings (SSSR count). The molecule has 0 fully saturated rings. The molecule has 0 spiro atoms. The molecule has 0 aromatic heterocycles. The van der Waals surface area contributed by atoms with Crippen LogP contribution in [0.3, 0.4) is 0 Å². The highest BCUT2D eigenvalue weighted by Gasteiger charge is 2.14. The van der Waals surface area contributed by atoms with Crippen molar-refractivity contribution in [3.8, 4) is 0 Å². The van der Waals surface area contributed by atoms with Gasteiger partial charge < -0.3 is 14.2 Å². The van der Waals surface area contributed by atoms with Gasteiger partial charge in [0.2, 0.25) is 0 Å². The van der Waals surface area contributed by atoms with Crippen LogP contribution in [-0.2, 0) is 19.0 Å². The molecule has 0 aliphatic carbocycles. The van der Waals surface area contributed by atoms with E-state index in [0.29, 0.717) is 18.8 Å². The number of esters is 1. The minimum absolute atomic E-state index is 0.324. The first kappa shape index (κ1) is 12.1. The molecule has 0 aliphatic rings. The quantitative estimate of drug-likeness (QED) is 0.359. The van der Waals surface area contributed by atoms with Crippen molar-refractivity contribution in [2.45, 2.75) is 27.2 Å². The first-order valence-corrected chi connectivity index (χ1v) is 4.21. The van der Waals surface area contributed by atoms with E-state index in [1.807, 2.05) is 0 Å². The third kappa shape index (κ3) is 5.38. The SMILES string of the molecule is C=C(C)C(=O)OC(OCC)OCC. The molecule has 0 amide bonds. The number of rotatable bonds is 6. The highest BCUT2D eigenvalue weighted by atomic mass is 16.9. The summed E-state index contributed by atoms with van der Waals surface area (Å²) in [4.78, 5) is 11.0. The Balaban J connectivity index is 3.93. The molecule has 76 valence electrons. The molecule has 0 aromatic carbocycles. The summed E-state index contributed by atoms with van der Waals surface area (Å²) >= 11 is 0. The van der Waals surface area contributed by atoms with Crippen LogP contribution in [0.15, 0.2) is 12.2 Å². The molecule has 0 bridgehead atoms. The first-order chi connectivity index (χ1) is 6.11. The molecule has 0 unspecified atom stereocenters. The van der Waals surface area contributed by atoms with Crippen LogP contribution in [0.1, 0.15) is 20.8 Å². The predicted octanol–water partition coefficient (Wildman–Crippen LogP) is 1.46. The van der Waals surface area contributed by atoms with Gasteiger partial charge in [-0.15, -0.1) is 0 Å². The number of carbonyl (C=O) groups excluding carboxylic acids is 1. The molecule has 0 saturated carbocycles. The van der Waals surface area contributed by atoms with E-state index in [4.69, 9.17) is 14.2 Å². The summed E-state index contributed by atoms with van der Waals surface area (Å²) in [7, 11) is 0. The van der Waals surface area contributed by atoms with Gasteiger partial charge in [-0.1, -0.05) is 6.58 Å². The van der Waals surface area contributed by atoms with E-state index >= 15 is 0 Å². The van der Waals surface area contributed by atoms with Crippen molar-refractivity contribution >= 4 is 5.97 Å². The molecule has 0 aliphatic heterocycles. The summed E-state index contributed by atoms with van der Waals surface area (Å²) in [5, 5.41) is 0. The van der Waals surface area contributed by atoms with Crippen molar-refractivity contribution in [2.24, 2.45) is 0 Å². The topological polar surface area (TPSA) is 44.8 Å². The van der Waals surface area contributed by atoms with Crippen molar-refractivity contribution < 1.29 is 19.0 Å². The number of carbonyl (C=O) groups is 1. The van der Waals surface area contributed by atoms with Gasteiger partial charge in [0.1, 0.15) is 0 Å².